The van der Waals surface area contributed by atoms with Crippen LogP contribution in [0.4, 0.5) is 0 Å². The Morgan fingerprint density at radius 2 is 1.58 bits per heavy atom. The largest absolute Gasteiger partial charge is 0.491 e. The normalized spacial score (nSPS) is 19.1. The molecule has 0 aliphatic carbocycles. The number of hydrazone groups is 1. The molecule has 2 heterocycles. The smallest absolute Gasteiger partial charge is 0.217 e. The van der Waals surface area contributed by atoms with Crippen molar-refractivity contribution in [2.24, 2.45) is 5.10 Å². The summed E-state index contributed by atoms with van der Waals surface area (Å²) < 4.78 is 12.7. The highest BCUT2D eigenvalue weighted by Crippen LogP contribution is 2.49. The zero-order valence-corrected chi connectivity index (χ0v) is 18.8. The highest BCUT2D eigenvalue weighted by atomic mass is 16.5. The Bertz CT molecular complexity index is 1360. The summed E-state index contributed by atoms with van der Waals surface area (Å²) in [7, 11) is 0. The molecule has 0 spiro atoms. The summed E-state index contributed by atoms with van der Waals surface area (Å²) in [5, 5.41) is 9.76. The molecule has 6 rings (SSSR count). The fourth-order valence-electron chi connectivity index (χ4n) is 4.92. The minimum absolute atomic E-state index is 0.0751. The maximum Gasteiger partial charge on any atom is 0.217 e. The van der Waals surface area contributed by atoms with Crippen LogP contribution in [0.25, 0.3) is 10.8 Å². The van der Waals surface area contributed by atoms with E-state index in [4.69, 9.17) is 14.6 Å². The Balaban J connectivity index is 1.48. The van der Waals surface area contributed by atoms with Crippen LogP contribution in [0.3, 0.4) is 0 Å². The second kappa shape index (κ2) is 7.96. The summed E-state index contributed by atoms with van der Waals surface area (Å²) >= 11 is 0. The maximum absolute atomic E-state index is 6.56. The molecule has 0 amide bonds. The lowest BCUT2D eigenvalue weighted by Crippen LogP contribution is -2.34. The molecule has 0 aromatic heterocycles. The molecule has 2 aliphatic heterocycles. The number of hydrogen-bond acceptors (Lipinski definition) is 4. The molecule has 2 atom stereocenters. The van der Waals surface area contributed by atoms with Crippen LogP contribution < -0.4 is 9.47 Å². The highest BCUT2D eigenvalue weighted by molar-refractivity contribution is 6.11. The van der Waals surface area contributed by atoms with Gasteiger partial charge >= 0.3 is 0 Å². The van der Waals surface area contributed by atoms with Crippen LogP contribution in [-0.2, 0) is 0 Å². The molecule has 33 heavy (non-hydrogen) atoms. The summed E-state index contributed by atoms with van der Waals surface area (Å²) in [6.07, 6.45) is 0.552. The summed E-state index contributed by atoms with van der Waals surface area (Å²) in [6.45, 7) is 4.09. The van der Waals surface area contributed by atoms with Crippen molar-refractivity contribution < 1.29 is 9.47 Å². The van der Waals surface area contributed by atoms with Gasteiger partial charge < -0.3 is 9.47 Å². The SMILES string of the molecule is CC(C)Oc1ccccc1[C@@H]1Oc2ccccc2[C@@H]2CC(c3cccc4ccccc34)=NN21. The van der Waals surface area contributed by atoms with E-state index in [0.717, 1.165) is 29.2 Å². The first-order valence-electron chi connectivity index (χ1n) is 11.5. The first kappa shape index (κ1) is 19.9. The van der Waals surface area contributed by atoms with Gasteiger partial charge in [-0.1, -0.05) is 72.8 Å². The van der Waals surface area contributed by atoms with Crippen molar-refractivity contribution in [2.45, 2.75) is 38.6 Å². The zero-order chi connectivity index (χ0) is 22.4. The number of ether oxygens (including phenoxy) is 2. The maximum atomic E-state index is 6.56. The van der Waals surface area contributed by atoms with Gasteiger partial charge in [-0.3, -0.25) is 0 Å². The first-order chi connectivity index (χ1) is 16.2. The summed E-state index contributed by atoms with van der Waals surface area (Å²) in [4.78, 5) is 0. The van der Waals surface area contributed by atoms with Crippen LogP contribution in [0, 0.1) is 0 Å². The van der Waals surface area contributed by atoms with E-state index in [9.17, 15) is 0 Å². The van der Waals surface area contributed by atoms with Crippen molar-refractivity contribution in [2.75, 3.05) is 0 Å². The molecular weight excluding hydrogens is 408 g/mol. The van der Waals surface area contributed by atoms with E-state index in [0.29, 0.717) is 0 Å². The molecule has 0 saturated heterocycles. The van der Waals surface area contributed by atoms with Gasteiger partial charge in [-0.25, -0.2) is 5.01 Å². The van der Waals surface area contributed by atoms with Gasteiger partial charge in [0.2, 0.25) is 6.23 Å². The molecule has 0 saturated carbocycles. The van der Waals surface area contributed by atoms with Crippen molar-refractivity contribution in [3.63, 3.8) is 0 Å². The van der Waals surface area contributed by atoms with E-state index in [-0.39, 0.29) is 18.4 Å². The third-order valence-corrected chi connectivity index (χ3v) is 6.35. The van der Waals surface area contributed by atoms with E-state index >= 15 is 0 Å². The van der Waals surface area contributed by atoms with Gasteiger partial charge in [0.1, 0.15) is 11.5 Å². The molecule has 164 valence electrons. The van der Waals surface area contributed by atoms with Gasteiger partial charge in [0.05, 0.1) is 23.4 Å². The molecule has 4 nitrogen and oxygen atoms in total. The molecule has 0 N–H and O–H groups in total. The second-order valence-corrected chi connectivity index (χ2v) is 8.89. The van der Waals surface area contributed by atoms with Crippen LogP contribution >= 0.6 is 0 Å². The molecule has 0 radical (unpaired) electrons. The van der Waals surface area contributed by atoms with Crippen LogP contribution in [0.15, 0.2) is 96.1 Å². The first-order valence-corrected chi connectivity index (χ1v) is 11.5. The minimum atomic E-state index is -0.354. The van der Waals surface area contributed by atoms with Crippen LogP contribution in [0.1, 0.15) is 49.2 Å². The Kier molecular flexibility index (Phi) is 4.79. The van der Waals surface area contributed by atoms with E-state index < -0.39 is 0 Å². The fraction of sp³-hybridized carbons (Fsp3) is 0.207. The van der Waals surface area contributed by atoms with Crippen molar-refractivity contribution in [3.8, 4) is 11.5 Å². The third kappa shape index (κ3) is 3.43. The second-order valence-electron chi connectivity index (χ2n) is 8.89. The Morgan fingerprint density at radius 3 is 2.45 bits per heavy atom. The molecule has 4 aromatic carbocycles. The standard InChI is InChI=1S/C29H26N2O2/c1-19(2)32-28-17-8-6-14-24(28)29-31-26(23-13-5-7-16-27(23)33-29)18-25(30-31)22-15-9-11-20-10-3-4-12-21(20)22/h3-17,19,26,29H,18H2,1-2H3/t26-,29-/m0/s1. The van der Waals surface area contributed by atoms with Crippen molar-refractivity contribution >= 4 is 16.5 Å². The molecule has 0 unspecified atom stereocenters. The predicted molar refractivity (Wildman–Crippen MR) is 132 cm³/mol. The minimum Gasteiger partial charge on any atom is -0.491 e. The number of para-hydroxylation sites is 2. The van der Waals surface area contributed by atoms with E-state index in [1.807, 2.05) is 38.1 Å². The summed E-state index contributed by atoms with van der Waals surface area (Å²) in [5.41, 5.74) is 4.44. The topological polar surface area (TPSA) is 34.1 Å². The van der Waals surface area contributed by atoms with Gasteiger partial charge in [-0.05, 0) is 42.8 Å². The van der Waals surface area contributed by atoms with Crippen molar-refractivity contribution in [1.29, 1.82) is 0 Å². The fourth-order valence-corrected chi connectivity index (χ4v) is 4.92. The number of nitrogens with zero attached hydrogens (tertiary/aromatic N) is 2. The van der Waals surface area contributed by atoms with E-state index in [1.54, 1.807) is 0 Å². The monoisotopic (exact) mass is 434 g/mol. The number of fused-ring (bicyclic) bond motifs is 4. The van der Waals surface area contributed by atoms with E-state index in [2.05, 4.69) is 71.7 Å². The Morgan fingerprint density at radius 1 is 0.848 bits per heavy atom. The quantitative estimate of drug-likeness (QED) is 0.351. The lowest BCUT2D eigenvalue weighted by molar-refractivity contribution is -0.0210. The Hall–Kier alpha value is -3.79. The zero-order valence-electron chi connectivity index (χ0n) is 18.8. The highest BCUT2D eigenvalue weighted by Gasteiger charge is 2.42. The molecule has 0 fully saturated rings. The average Bonchev–Trinajstić information content (AvgIpc) is 3.29. The van der Waals surface area contributed by atoms with Gasteiger partial charge in [-0.15, -0.1) is 0 Å². The van der Waals surface area contributed by atoms with Gasteiger partial charge in [0, 0.05) is 17.5 Å². The summed E-state index contributed by atoms with van der Waals surface area (Å²) in [6, 6.07) is 31.5. The number of hydrogen-bond donors (Lipinski definition) is 0. The number of benzene rings is 4. The van der Waals surface area contributed by atoms with Crippen LogP contribution in [0.2, 0.25) is 0 Å². The number of rotatable bonds is 4. The average molecular weight is 435 g/mol. The molecule has 4 aromatic rings. The Labute approximate surface area is 194 Å². The van der Waals surface area contributed by atoms with Crippen LogP contribution in [-0.4, -0.2) is 16.8 Å². The summed E-state index contributed by atoms with van der Waals surface area (Å²) in [5.74, 6) is 1.75. The van der Waals surface area contributed by atoms with Crippen LogP contribution in [0.5, 0.6) is 11.5 Å². The molecule has 0 bridgehead atoms. The lowest BCUT2D eigenvalue weighted by Gasteiger charge is -2.38. The van der Waals surface area contributed by atoms with Gasteiger partial charge in [0.15, 0.2) is 0 Å². The van der Waals surface area contributed by atoms with Gasteiger partial charge in [-0.2, -0.15) is 5.10 Å². The molecule has 2 aliphatic rings. The van der Waals surface area contributed by atoms with E-state index in [1.165, 1.54) is 21.9 Å². The predicted octanol–water partition coefficient (Wildman–Crippen LogP) is 6.87. The molecule has 4 heteroatoms. The third-order valence-electron chi connectivity index (χ3n) is 6.35. The van der Waals surface area contributed by atoms with Gasteiger partial charge in [0.25, 0.3) is 0 Å². The van der Waals surface area contributed by atoms with Crippen molar-refractivity contribution in [3.05, 3.63) is 108 Å². The van der Waals surface area contributed by atoms with Crippen molar-refractivity contribution in [1.82, 2.24) is 5.01 Å². The lowest BCUT2D eigenvalue weighted by atomic mass is 9.93. The molecular formula is C29H26N2O2.